The summed E-state index contributed by atoms with van der Waals surface area (Å²) < 4.78 is 33.3. The Kier molecular flexibility index (Phi) is 3.82. The minimum Gasteiger partial charge on any atom is -0.383 e. The molecule has 0 atom stereocenters. The normalized spacial score (nSPS) is 11.3. The summed E-state index contributed by atoms with van der Waals surface area (Å²) in [5.74, 6) is 0.907. The van der Waals surface area contributed by atoms with E-state index in [9.17, 15) is 8.78 Å². The van der Waals surface area contributed by atoms with Gasteiger partial charge >= 0.3 is 0 Å². The molecule has 3 N–H and O–H groups in total. The molecule has 0 amide bonds. The van der Waals surface area contributed by atoms with Crippen LogP contribution in [0.3, 0.4) is 0 Å². The first-order valence-electron chi connectivity index (χ1n) is 5.14. The second-order valence-corrected chi connectivity index (χ2v) is 3.43. The molecule has 7 nitrogen and oxygen atoms in total. The SMILES string of the molecule is Nc1[nH]ncc1-c1nc(CCOCC(F)F)no1. The van der Waals surface area contributed by atoms with E-state index in [-0.39, 0.29) is 18.9 Å². The Bertz CT molecular complexity index is 499. The van der Waals surface area contributed by atoms with Crippen LogP contribution in [-0.4, -0.2) is 40.0 Å². The van der Waals surface area contributed by atoms with Gasteiger partial charge in [0.1, 0.15) is 18.0 Å². The Morgan fingerprint density at radius 2 is 2.33 bits per heavy atom. The van der Waals surface area contributed by atoms with Crippen LogP contribution in [0.4, 0.5) is 14.6 Å². The summed E-state index contributed by atoms with van der Waals surface area (Å²) in [6, 6.07) is 0. The van der Waals surface area contributed by atoms with Crippen LogP contribution >= 0.6 is 0 Å². The molecule has 0 aliphatic heterocycles. The van der Waals surface area contributed by atoms with Gasteiger partial charge in [0.25, 0.3) is 12.3 Å². The van der Waals surface area contributed by atoms with Crippen LogP contribution in [0.15, 0.2) is 10.7 Å². The van der Waals surface area contributed by atoms with Crippen molar-refractivity contribution in [2.45, 2.75) is 12.8 Å². The fraction of sp³-hybridized carbons (Fsp3) is 0.444. The third-order valence-electron chi connectivity index (χ3n) is 2.08. The summed E-state index contributed by atoms with van der Waals surface area (Å²) in [7, 11) is 0. The highest BCUT2D eigenvalue weighted by Crippen LogP contribution is 2.21. The van der Waals surface area contributed by atoms with Gasteiger partial charge in [-0.05, 0) is 0 Å². The molecule has 0 radical (unpaired) electrons. The lowest BCUT2D eigenvalue weighted by atomic mass is 10.3. The molecule has 9 heteroatoms. The van der Waals surface area contributed by atoms with Gasteiger partial charge in [0.05, 0.1) is 12.8 Å². The minimum atomic E-state index is -2.48. The number of rotatable bonds is 6. The molecule has 0 unspecified atom stereocenters. The van der Waals surface area contributed by atoms with Gasteiger partial charge in [0, 0.05) is 6.42 Å². The summed E-state index contributed by atoms with van der Waals surface area (Å²) in [5.41, 5.74) is 6.09. The Hall–Kier alpha value is -2.03. The number of alkyl halides is 2. The van der Waals surface area contributed by atoms with E-state index in [1.807, 2.05) is 0 Å². The van der Waals surface area contributed by atoms with E-state index in [2.05, 4.69) is 20.3 Å². The van der Waals surface area contributed by atoms with E-state index in [1.165, 1.54) is 6.20 Å². The summed E-state index contributed by atoms with van der Waals surface area (Å²) >= 11 is 0. The zero-order valence-corrected chi connectivity index (χ0v) is 9.27. The number of nitrogen functional groups attached to an aromatic ring is 1. The third kappa shape index (κ3) is 3.00. The average molecular weight is 259 g/mol. The molecular formula is C9H11F2N5O2. The molecule has 0 aromatic carbocycles. The summed E-state index contributed by atoms with van der Waals surface area (Å²) in [4.78, 5) is 4.04. The highest BCUT2D eigenvalue weighted by atomic mass is 19.3. The molecule has 0 fully saturated rings. The number of nitrogens with one attached hydrogen (secondary N) is 1. The van der Waals surface area contributed by atoms with E-state index < -0.39 is 13.0 Å². The van der Waals surface area contributed by atoms with E-state index in [0.29, 0.717) is 17.2 Å². The van der Waals surface area contributed by atoms with Gasteiger partial charge in [-0.1, -0.05) is 5.16 Å². The molecule has 2 rings (SSSR count). The lowest BCUT2D eigenvalue weighted by Gasteiger charge is -1.99. The molecule has 0 saturated carbocycles. The number of anilines is 1. The van der Waals surface area contributed by atoms with Crippen LogP contribution < -0.4 is 5.73 Å². The zero-order valence-electron chi connectivity index (χ0n) is 9.27. The maximum Gasteiger partial charge on any atom is 0.263 e. The number of nitrogens with zero attached hydrogens (tertiary/aromatic N) is 3. The van der Waals surface area contributed by atoms with Crippen LogP contribution in [-0.2, 0) is 11.2 Å². The van der Waals surface area contributed by atoms with E-state index in [4.69, 9.17) is 15.0 Å². The lowest BCUT2D eigenvalue weighted by Crippen LogP contribution is -2.07. The van der Waals surface area contributed by atoms with Crippen molar-refractivity contribution in [2.75, 3.05) is 18.9 Å². The number of ether oxygens (including phenoxy) is 1. The molecule has 2 heterocycles. The lowest BCUT2D eigenvalue weighted by molar-refractivity contribution is 0.0182. The van der Waals surface area contributed by atoms with Crippen LogP contribution in [0, 0.1) is 0 Å². The van der Waals surface area contributed by atoms with Crippen LogP contribution in [0.25, 0.3) is 11.5 Å². The van der Waals surface area contributed by atoms with Crippen molar-refractivity contribution in [3.8, 4) is 11.5 Å². The Labute approximate surface area is 100 Å². The van der Waals surface area contributed by atoms with Gasteiger partial charge in [-0.25, -0.2) is 8.78 Å². The second-order valence-electron chi connectivity index (χ2n) is 3.43. The quantitative estimate of drug-likeness (QED) is 0.746. The molecule has 0 aliphatic rings. The van der Waals surface area contributed by atoms with E-state index in [0.717, 1.165) is 0 Å². The van der Waals surface area contributed by atoms with Gasteiger partial charge in [-0.3, -0.25) is 5.10 Å². The predicted molar refractivity (Wildman–Crippen MR) is 56.8 cm³/mol. The van der Waals surface area contributed by atoms with Crippen molar-refractivity contribution in [3.63, 3.8) is 0 Å². The smallest absolute Gasteiger partial charge is 0.263 e. The first-order chi connectivity index (χ1) is 8.66. The highest BCUT2D eigenvalue weighted by molar-refractivity contribution is 5.65. The summed E-state index contributed by atoms with van der Waals surface area (Å²) in [6.45, 7) is -0.496. The van der Waals surface area contributed by atoms with Crippen molar-refractivity contribution in [2.24, 2.45) is 0 Å². The number of hydrogen-bond donors (Lipinski definition) is 2. The number of halogens is 2. The molecule has 0 saturated heterocycles. The predicted octanol–water partition coefficient (Wildman–Crippen LogP) is 0.866. The Balaban J connectivity index is 1.89. The van der Waals surface area contributed by atoms with Crippen molar-refractivity contribution < 1.29 is 18.0 Å². The van der Waals surface area contributed by atoms with Gasteiger partial charge in [0.15, 0.2) is 5.82 Å². The van der Waals surface area contributed by atoms with Crippen molar-refractivity contribution >= 4 is 5.82 Å². The maximum atomic E-state index is 11.8. The largest absolute Gasteiger partial charge is 0.383 e. The van der Waals surface area contributed by atoms with E-state index in [1.54, 1.807) is 0 Å². The topological polar surface area (TPSA) is 103 Å². The van der Waals surface area contributed by atoms with Gasteiger partial charge in [-0.2, -0.15) is 10.1 Å². The van der Waals surface area contributed by atoms with E-state index >= 15 is 0 Å². The van der Waals surface area contributed by atoms with Gasteiger partial charge in [-0.15, -0.1) is 0 Å². The Morgan fingerprint density at radius 3 is 3.00 bits per heavy atom. The fourth-order valence-electron chi connectivity index (χ4n) is 1.27. The number of H-pyrrole nitrogens is 1. The highest BCUT2D eigenvalue weighted by Gasteiger charge is 2.13. The van der Waals surface area contributed by atoms with Gasteiger partial charge < -0.3 is 15.0 Å². The zero-order chi connectivity index (χ0) is 13.0. The van der Waals surface area contributed by atoms with Crippen LogP contribution in [0.2, 0.25) is 0 Å². The summed E-state index contributed by atoms with van der Waals surface area (Å²) in [5, 5.41) is 9.93. The number of aromatic amines is 1. The molecule has 0 spiro atoms. The molecule has 0 aliphatic carbocycles. The van der Waals surface area contributed by atoms with Gasteiger partial charge in [0.2, 0.25) is 0 Å². The number of hydrogen-bond acceptors (Lipinski definition) is 6. The average Bonchev–Trinajstić information content (AvgIpc) is 2.92. The van der Waals surface area contributed by atoms with Crippen LogP contribution in [0.1, 0.15) is 5.82 Å². The molecule has 2 aromatic rings. The molecule has 18 heavy (non-hydrogen) atoms. The Morgan fingerprint density at radius 1 is 1.50 bits per heavy atom. The van der Waals surface area contributed by atoms with Crippen molar-refractivity contribution in [1.82, 2.24) is 20.3 Å². The first-order valence-corrected chi connectivity index (χ1v) is 5.14. The fourth-order valence-corrected chi connectivity index (χ4v) is 1.27. The number of aromatic nitrogens is 4. The number of nitrogens with two attached hydrogens (primary N) is 1. The van der Waals surface area contributed by atoms with Crippen molar-refractivity contribution in [3.05, 3.63) is 12.0 Å². The second kappa shape index (κ2) is 5.54. The molecule has 98 valence electrons. The maximum absolute atomic E-state index is 11.8. The third-order valence-corrected chi connectivity index (χ3v) is 2.08. The first kappa shape index (κ1) is 12.4. The summed E-state index contributed by atoms with van der Waals surface area (Å²) in [6.07, 6.45) is -0.731. The minimum absolute atomic E-state index is 0.101. The standard InChI is InChI=1S/C9H11F2N5O2/c10-6(11)4-17-2-1-7-14-9(18-16-7)5-3-13-15-8(5)12/h3,6H,1-2,4H2,(H3,12,13,15). The molecule has 0 bridgehead atoms. The molecule has 2 aromatic heterocycles. The molecular weight excluding hydrogens is 248 g/mol. The van der Waals surface area contributed by atoms with Crippen LogP contribution in [0.5, 0.6) is 0 Å². The van der Waals surface area contributed by atoms with Crippen molar-refractivity contribution in [1.29, 1.82) is 0 Å². The monoisotopic (exact) mass is 259 g/mol.